The molecule has 10 nitrogen and oxygen atoms in total. The van der Waals surface area contributed by atoms with Gasteiger partial charge in [-0.1, -0.05) is 41.9 Å². The van der Waals surface area contributed by atoms with Crippen molar-refractivity contribution in [2.24, 2.45) is 17.6 Å². The lowest BCUT2D eigenvalue weighted by Gasteiger charge is -2.52. The van der Waals surface area contributed by atoms with E-state index in [-0.39, 0.29) is 16.7 Å². The number of amides is 1. The van der Waals surface area contributed by atoms with Crippen LogP contribution in [-0.4, -0.2) is 79.7 Å². The van der Waals surface area contributed by atoms with Crippen molar-refractivity contribution in [1.82, 2.24) is 4.90 Å². The van der Waals surface area contributed by atoms with Gasteiger partial charge in [0.05, 0.1) is 29.2 Å². The smallest absolute Gasteiger partial charge is 0.255 e. The zero-order valence-corrected chi connectivity index (χ0v) is 21.5. The molecule has 7 N–H and O–H groups in total. The number of phenols is 1. The first-order chi connectivity index (χ1) is 18.3. The van der Waals surface area contributed by atoms with Crippen molar-refractivity contribution >= 4 is 40.7 Å². The van der Waals surface area contributed by atoms with Crippen molar-refractivity contribution in [3.8, 4) is 5.75 Å². The number of aliphatic hydroxyl groups excluding tert-OH is 3. The van der Waals surface area contributed by atoms with Crippen molar-refractivity contribution < 1.29 is 39.9 Å². The molecular weight excluding hydrogens is 528 g/mol. The second-order valence-corrected chi connectivity index (χ2v) is 10.4. The van der Waals surface area contributed by atoms with Crippen LogP contribution in [-0.2, 0) is 9.59 Å². The molecule has 5 atom stereocenters. The quantitative estimate of drug-likeness (QED) is 0.309. The number of aliphatic hydroxyl groups is 4. The van der Waals surface area contributed by atoms with E-state index in [2.05, 4.69) is 0 Å². The molecule has 11 heteroatoms. The van der Waals surface area contributed by atoms with Gasteiger partial charge in [0.15, 0.2) is 11.4 Å². The van der Waals surface area contributed by atoms with E-state index in [0.717, 1.165) is 0 Å². The van der Waals surface area contributed by atoms with Gasteiger partial charge in [-0.15, -0.1) is 0 Å². The largest absolute Gasteiger partial charge is 0.510 e. The van der Waals surface area contributed by atoms with Crippen LogP contribution in [0.1, 0.15) is 21.5 Å². The van der Waals surface area contributed by atoms with Crippen LogP contribution in [0.2, 0.25) is 5.02 Å². The molecule has 0 saturated heterocycles. The van der Waals surface area contributed by atoms with Crippen LogP contribution in [0.15, 0.2) is 65.1 Å². The number of ketones is 2. The summed E-state index contributed by atoms with van der Waals surface area (Å²) in [5.74, 6) is -9.02. The molecule has 0 radical (unpaired) electrons. The van der Waals surface area contributed by atoms with E-state index in [9.17, 15) is 39.9 Å². The minimum absolute atomic E-state index is 0.219. The minimum atomic E-state index is -3.00. The van der Waals surface area contributed by atoms with Gasteiger partial charge in [-0.05, 0) is 49.0 Å². The normalized spacial score (nSPS) is 29.4. The van der Waals surface area contributed by atoms with Crippen molar-refractivity contribution in [2.75, 3.05) is 14.1 Å². The third-order valence-electron chi connectivity index (χ3n) is 7.75. The monoisotopic (exact) mass is 552 g/mol. The Morgan fingerprint density at radius 3 is 2.36 bits per heavy atom. The van der Waals surface area contributed by atoms with Gasteiger partial charge in [0.2, 0.25) is 5.78 Å². The molecule has 0 saturated carbocycles. The molecule has 0 heterocycles. The Bertz CT molecular complexity index is 1560. The number of hydrogen-bond donors (Lipinski definition) is 6. The molecule has 0 aromatic heterocycles. The number of benzene rings is 2. The summed E-state index contributed by atoms with van der Waals surface area (Å²) in [6.45, 7) is 0. The first-order valence-electron chi connectivity index (χ1n) is 11.9. The molecule has 0 bridgehead atoms. The zero-order chi connectivity index (χ0) is 28.5. The Labute approximate surface area is 227 Å². The van der Waals surface area contributed by atoms with E-state index in [1.54, 1.807) is 36.4 Å². The molecule has 1 amide bonds. The highest BCUT2D eigenvalue weighted by Crippen LogP contribution is 2.55. The van der Waals surface area contributed by atoms with E-state index in [4.69, 9.17) is 17.3 Å². The lowest BCUT2D eigenvalue weighted by Crippen LogP contribution is -2.68. The topological polar surface area (TPSA) is 182 Å². The molecule has 39 heavy (non-hydrogen) atoms. The number of nitrogens with zero attached hydrogens (tertiary/aromatic N) is 1. The van der Waals surface area contributed by atoms with E-state index in [1.165, 1.54) is 31.1 Å². The maximum atomic E-state index is 13.8. The third kappa shape index (κ3) is 3.56. The number of likely N-dealkylation sites (N-methyl/N-ethyl adjacent to an activating group) is 1. The van der Waals surface area contributed by atoms with Gasteiger partial charge in [-0.25, -0.2) is 0 Å². The summed E-state index contributed by atoms with van der Waals surface area (Å²) in [6, 6.07) is 9.69. The van der Waals surface area contributed by atoms with Crippen LogP contribution < -0.4 is 5.73 Å². The lowest BCUT2D eigenvalue weighted by atomic mass is 9.56. The first kappa shape index (κ1) is 26.6. The number of fused-ring (bicyclic) bond motifs is 3. The van der Waals surface area contributed by atoms with Gasteiger partial charge >= 0.3 is 0 Å². The number of phenolic OH excluding ortho intramolecular Hbond substituents is 1. The van der Waals surface area contributed by atoms with Gasteiger partial charge in [0.25, 0.3) is 5.91 Å². The van der Waals surface area contributed by atoms with Gasteiger partial charge in [0.1, 0.15) is 22.8 Å². The van der Waals surface area contributed by atoms with Crippen LogP contribution in [0.5, 0.6) is 5.75 Å². The van der Waals surface area contributed by atoms with Gasteiger partial charge < -0.3 is 31.3 Å². The Balaban J connectivity index is 1.88. The summed E-state index contributed by atoms with van der Waals surface area (Å²) in [6.07, 6.45) is -0.180. The molecule has 2 aromatic rings. The number of Topliss-reactive ketones (excluding diaryl/α,β-unsaturated/α-hetero) is 2. The molecule has 0 aliphatic heterocycles. The summed E-state index contributed by atoms with van der Waals surface area (Å²) in [4.78, 5) is 40.8. The number of nitrogens with two attached hydrogens (primary N) is 1. The van der Waals surface area contributed by atoms with Gasteiger partial charge in [0, 0.05) is 10.9 Å². The van der Waals surface area contributed by atoms with Crippen molar-refractivity contribution in [2.45, 2.75) is 17.7 Å². The van der Waals surface area contributed by atoms with Crippen LogP contribution >= 0.6 is 11.6 Å². The van der Waals surface area contributed by atoms with Crippen molar-refractivity contribution in [3.05, 3.63) is 86.8 Å². The molecule has 202 valence electrons. The van der Waals surface area contributed by atoms with Crippen molar-refractivity contribution in [1.29, 1.82) is 0 Å². The van der Waals surface area contributed by atoms with Crippen LogP contribution in [0.4, 0.5) is 0 Å². The fourth-order valence-corrected chi connectivity index (χ4v) is 6.27. The molecule has 0 spiro atoms. The summed E-state index contributed by atoms with van der Waals surface area (Å²) in [7, 11) is 2.94. The molecule has 3 aliphatic carbocycles. The second-order valence-electron chi connectivity index (χ2n) is 10.0. The maximum Gasteiger partial charge on any atom is 0.255 e. The van der Waals surface area contributed by atoms with Gasteiger partial charge in [-0.2, -0.15) is 0 Å². The number of primary amides is 1. The number of aromatic hydroxyl groups is 1. The minimum Gasteiger partial charge on any atom is -0.510 e. The summed E-state index contributed by atoms with van der Waals surface area (Å²) in [5.41, 5.74) is 1.64. The number of hydrogen-bond acceptors (Lipinski definition) is 9. The third-order valence-corrected chi connectivity index (χ3v) is 8.09. The molecule has 3 aliphatic rings. The van der Waals surface area contributed by atoms with E-state index >= 15 is 0 Å². The average molecular weight is 553 g/mol. The fourth-order valence-electron chi connectivity index (χ4n) is 6.08. The Hall–Kier alpha value is -3.96. The van der Waals surface area contributed by atoms with Crippen LogP contribution in [0.25, 0.3) is 11.6 Å². The Morgan fingerprint density at radius 1 is 1.08 bits per heavy atom. The fraction of sp³-hybridized carbons (Fsp3) is 0.250. The highest BCUT2D eigenvalue weighted by atomic mass is 35.5. The lowest BCUT2D eigenvalue weighted by molar-refractivity contribution is -0.159. The second kappa shape index (κ2) is 9.06. The summed E-state index contributed by atoms with van der Waals surface area (Å²) < 4.78 is 0. The summed E-state index contributed by atoms with van der Waals surface area (Å²) in [5, 5.41) is 57.1. The molecular formula is C28H25ClN2O8. The Morgan fingerprint density at radius 2 is 1.74 bits per heavy atom. The summed E-state index contributed by atoms with van der Waals surface area (Å²) >= 11 is 6.39. The predicted molar refractivity (Wildman–Crippen MR) is 141 cm³/mol. The zero-order valence-electron chi connectivity index (χ0n) is 20.8. The Kier molecular flexibility index (Phi) is 6.19. The van der Waals surface area contributed by atoms with Crippen molar-refractivity contribution in [3.63, 3.8) is 0 Å². The van der Waals surface area contributed by atoms with E-state index in [0.29, 0.717) is 10.6 Å². The number of carbonyl (C=O) groups is 3. The first-order valence-corrected chi connectivity index (χ1v) is 12.3. The molecule has 5 unspecified atom stereocenters. The molecule has 2 aromatic carbocycles. The average Bonchev–Trinajstić information content (AvgIpc) is 2.86. The van der Waals surface area contributed by atoms with Crippen LogP contribution in [0, 0.1) is 11.8 Å². The standard InChI is InChI=1S/C28H25ClN2O8/c1-31(2)21-20-23(34)17-13(10-11-6-3-4-8-14(11)29)12-7-5-9-15(32)16(12)22(33)18(17)25(36)28(20,39)26(37)19(24(21)35)27(30)38/h3-10,17,20-21,23,32,34-36,39H,1-2H3,(H2,30,38)/b13-10+. The number of rotatable bonds is 3. The number of halogens is 1. The molecule has 5 rings (SSSR count). The maximum absolute atomic E-state index is 13.8. The number of carbonyl (C=O) groups excluding carboxylic acids is 3. The predicted octanol–water partition coefficient (Wildman–Crippen LogP) is 1.74. The molecule has 0 fully saturated rings. The highest BCUT2D eigenvalue weighted by Gasteiger charge is 2.67. The van der Waals surface area contributed by atoms with E-state index < -0.39 is 75.5 Å². The highest BCUT2D eigenvalue weighted by molar-refractivity contribution is 6.32. The SMILES string of the molecule is CN(C)C1C(O)=C(C(N)=O)C(=O)C2(O)C(O)=C3C(=O)c4c(O)cccc4/C(=C\c4ccccc4Cl)C3C(O)C12. The van der Waals surface area contributed by atoms with Gasteiger partial charge in [-0.3, -0.25) is 19.3 Å². The van der Waals surface area contributed by atoms with E-state index in [1.807, 2.05) is 0 Å². The van der Waals surface area contributed by atoms with Crippen LogP contribution in [0.3, 0.4) is 0 Å².